The second-order valence-electron chi connectivity index (χ2n) is 6.14. The first-order valence-electron chi connectivity index (χ1n) is 8.52. The van der Waals surface area contributed by atoms with Gasteiger partial charge in [0.1, 0.15) is 11.5 Å². The molecule has 3 rings (SSSR count). The van der Waals surface area contributed by atoms with E-state index in [1.165, 1.54) is 14.2 Å². The molecule has 0 fully saturated rings. The largest absolute Gasteiger partial charge is 0.496 e. The average molecular weight is 360 g/mol. The van der Waals surface area contributed by atoms with E-state index in [9.17, 15) is 9.59 Å². The van der Waals surface area contributed by atoms with Crippen LogP contribution in [-0.2, 0) is 0 Å². The van der Waals surface area contributed by atoms with E-state index in [2.05, 4.69) is 0 Å². The van der Waals surface area contributed by atoms with E-state index in [1.54, 1.807) is 48.5 Å². The second kappa shape index (κ2) is 7.87. The lowest BCUT2D eigenvalue weighted by Crippen LogP contribution is -2.10. The van der Waals surface area contributed by atoms with Gasteiger partial charge in [-0.25, -0.2) is 0 Å². The summed E-state index contributed by atoms with van der Waals surface area (Å²) in [5, 5.41) is 0. The molecule has 0 bridgehead atoms. The van der Waals surface area contributed by atoms with Crippen molar-refractivity contribution < 1.29 is 19.1 Å². The Hall–Kier alpha value is -3.40. The number of aryl methyl sites for hydroxylation is 1. The number of methoxy groups -OCH3 is 2. The van der Waals surface area contributed by atoms with Crippen molar-refractivity contribution in [3.05, 3.63) is 94.5 Å². The number of benzene rings is 3. The zero-order valence-corrected chi connectivity index (χ0v) is 15.5. The fourth-order valence-corrected chi connectivity index (χ4v) is 2.86. The molecular weight excluding hydrogens is 340 g/mol. The van der Waals surface area contributed by atoms with Crippen LogP contribution in [0.5, 0.6) is 11.5 Å². The van der Waals surface area contributed by atoms with Crippen molar-refractivity contribution in [1.82, 2.24) is 0 Å². The van der Waals surface area contributed by atoms with E-state index in [0.717, 1.165) is 5.56 Å². The molecule has 0 aromatic heterocycles. The van der Waals surface area contributed by atoms with Gasteiger partial charge in [-0.2, -0.15) is 0 Å². The lowest BCUT2D eigenvalue weighted by atomic mass is 9.95. The highest BCUT2D eigenvalue weighted by molar-refractivity contribution is 6.15. The number of rotatable bonds is 6. The van der Waals surface area contributed by atoms with Gasteiger partial charge in [-0.3, -0.25) is 9.59 Å². The van der Waals surface area contributed by atoms with Crippen molar-refractivity contribution in [3.63, 3.8) is 0 Å². The van der Waals surface area contributed by atoms with Gasteiger partial charge in [-0.1, -0.05) is 60.2 Å². The van der Waals surface area contributed by atoms with Gasteiger partial charge in [-0.05, 0) is 13.0 Å². The van der Waals surface area contributed by atoms with Crippen LogP contribution in [0.3, 0.4) is 0 Å². The molecule has 0 spiro atoms. The fourth-order valence-electron chi connectivity index (χ4n) is 2.86. The van der Waals surface area contributed by atoms with Gasteiger partial charge in [-0.15, -0.1) is 0 Å². The van der Waals surface area contributed by atoms with Gasteiger partial charge in [0.05, 0.1) is 25.3 Å². The van der Waals surface area contributed by atoms with Crippen molar-refractivity contribution in [2.75, 3.05) is 14.2 Å². The van der Waals surface area contributed by atoms with Crippen molar-refractivity contribution in [3.8, 4) is 11.5 Å². The Balaban J connectivity index is 2.12. The maximum absolute atomic E-state index is 13.0. The number of hydrogen-bond donors (Lipinski definition) is 0. The molecule has 0 radical (unpaired) electrons. The Morgan fingerprint density at radius 3 is 1.63 bits per heavy atom. The normalized spacial score (nSPS) is 10.3. The molecule has 3 aromatic rings. The first-order chi connectivity index (χ1) is 13.0. The first-order valence-corrected chi connectivity index (χ1v) is 8.52. The Morgan fingerprint density at radius 1 is 0.667 bits per heavy atom. The van der Waals surface area contributed by atoms with Crippen LogP contribution < -0.4 is 9.47 Å². The standard InChI is InChI=1S/C23H20O4/c1-15-9-11-17(12-10-15)23(25)19-13-18(20(26-2)14-21(19)27-3)22(24)16-7-5-4-6-8-16/h4-14H,1-3H3. The summed E-state index contributed by atoms with van der Waals surface area (Å²) in [6.45, 7) is 1.96. The van der Waals surface area contributed by atoms with Gasteiger partial charge < -0.3 is 9.47 Å². The molecule has 0 aliphatic rings. The molecule has 0 atom stereocenters. The third-order valence-corrected chi connectivity index (χ3v) is 4.36. The number of ether oxygens (including phenoxy) is 2. The van der Waals surface area contributed by atoms with Crippen molar-refractivity contribution >= 4 is 11.6 Å². The Kier molecular flexibility index (Phi) is 5.36. The summed E-state index contributed by atoms with van der Waals surface area (Å²) in [6, 6.07) is 19.3. The third kappa shape index (κ3) is 3.75. The van der Waals surface area contributed by atoms with Gasteiger partial charge >= 0.3 is 0 Å². The quantitative estimate of drug-likeness (QED) is 0.609. The monoisotopic (exact) mass is 360 g/mol. The van der Waals surface area contributed by atoms with Gasteiger partial charge in [0.25, 0.3) is 0 Å². The van der Waals surface area contributed by atoms with E-state index in [-0.39, 0.29) is 11.6 Å². The smallest absolute Gasteiger partial charge is 0.196 e. The lowest BCUT2D eigenvalue weighted by Gasteiger charge is -2.14. The van der Waals surface area contributed by atoms with Crippen LogP contribution >= 0.6 is 0 Å². The molecule has 136 valence electrons. The summed E-state index contributed by atoms with van der Waals surface area (Å²) in [6.07, 6.45) is 0. The molecule has 4 heteroatoms. The highest BCUT2D eigenvalue weighted by atomic mass is 16.5. The molecule has 0 aliphatic heterocycles. The topological polar surface area (TPSA) is 52.6 Å². The van der Waals surface area contributed by atoms with E-state index in [4.69, 9.17) is 9.47 Å². The zero-order valence-electron chi connectivity index (χ0n) is 15.5. The predicted octanol–water partition coefficient (Wildman–Crippen LogP) is 4.47. The SMILES string of the molecule is COc1cc(OC)c(C(=O)c2ccc(C)cc2)cc1C(=O)c1ccccc1. The van der Waals surface area contributed by atoms with Crippen LogP contribution in [0.15, 0.2) is 66.7 Å². The fraction of sp³-hybridized carbons (Fsp3) is 0.130. The molecule has 3 aromatic carbocycles. The van der Waals surface area contributed by atoms with Crippen molar-refractivity contribution in [2.24, 2.45) is 0 Å². The predicted molar refractivity (Wildman–Crippen MR) is 104 cm³/mol. The highest BCUT2D eigenvalue weighted by Gasteiger charge is 2.22. The highest BCUT2D eigenvalue weighted by Crippen LogP contribution is 2.32. The molecule has 4 nitrogen and oxygen atoms in total. The molecular formula is C23H20O4. The zero-order chi connectivity index (χ0) is 19.4. The lowest BCUT2D eigenvalue weighted by molar-refractivity contribution is 0.103. The van der Waals surface area contributed by atoms with E-state index in [1.807, 2.05) is 25.1 Å². The molecule has 0 saturated carbocycles. The minimum Gasteiger partial charge on any atom is -0.496 e. The van der Waals surface area contributed by atoms with Gasteiger partial charge in [0, 0.05) is 17.2 Å². The summed E-state index contributed by atoms with van der Waals surface area (Å²) < 4.78 is 10.8. The van der Waals surface area contributed by atoms with E-state index in [0.29, 0.717) is 33.8 Å². The Labute approximate surface area is 158 Å². The summed E-state index contributed by atoms with van der Waals surface area (Å²) in [5.74, 6) is 0.299. The molecule has 0 amide bonds. The van der Waals surface area contributed by atoms with Crippen LogP contribution in [0.25, 0.3) is 0 Å². The molecule has 0 N–H and O–H groups in total. The third-order valence-electron chi connectivity index (χ3n) is 4.36. The molecule has 0 unspecified atom stereocenters. The first kappa shape index (κ1) is 18.4. The van der Waals surface area contributed by atoms with Crippen LogP contribution in [0, 0.1) is 6.92 Å². The summed E-state index contributed by atoms with van der Waals surface area (Å²) in [7, 11) is 2.97. The molecule has 0 aliphatic carbocycles. The summed E-state index contributed by atoms with van der Waals surface area (Å²) in [5.41, 5.74) is 2.76. The Bertz CT molecular complexity index is 973. The average Bonchev–Trinajstić information content (AvgIpc) is 2.72. The maximum Gasteiger partial charge on any atom is 0.196 e. The van der Waals surface area contributed by atoms with Crippen LogP contribution in [0.2, 0.25) is 0 Å². The summed E-state index contributed by atoms with van der Waals surface area (Å²) >= 11 is 0. The number of carbonyl (C=O) groups is 2. The Morgan fingerprint density at radius 2 is 1.15 bits per heavy atom. The number of carbonyl (C=O) groups excluding carboxylic acids is 2. The second-order valence-corrected chi connectivity index (χ2v) is 6.14. The minimum absolute atomic E-state index is 0.211. The van der Waals surface area contributed by atoms with E-state index < -0.39 is 0 Å². The van der Waals surface area contributed by atoms with Crippen LogP contribution in [-0.4, -0.2) is 25.8 Å². The van der Waals surface area contributed by atoms with Gasteiger partial charge in [0.15, 0.2) is 11.6 Å². The van der Waals surface area contributed by atoms with Crippen molar-refractivity contribution in [1.29, 1.82) is 0 Å². The van der Waals surface area contributed by atoms with E-state index >= 15 is 0 Å². The van der Waals surface area contributed by atoms with Gasteiger partial charge in [0.2, 0.25) is 0 Å². The summed E-state index contributed by atoms with van der Waals surface area (Å²) in [4.78, 5) is 26.0. The van der Waals surface area contributed by atoms with Crippen LogP contribution in [0.4, 0.5) is 0 Å². The maximum atomic E-state index is 13.0. The van der Waals surface area contributed by atoms with Crippen LogP contribution in [0.1, 0.15) is 37.4 Å². The molecule has 0 heterocycles. The van der Waals surface area contributed by atoms with Crippen molar-refractivity contribution in [2.45, 2.75) is 6.92 Å². The minimum atomic E-state index is -0.215. The molecule has 27 heavy (non-hydrogen) atoms. The number of ketones is 2. The molecule has 0 saturated heterocycles. The number of hydrogen-bond acceptors (Lipinski definition) is 4.